The maximum absolute atomic E-state index is 13.4. The molecule has 0 saturated carbocycles. The number of amides is 1. The second kappa shape index (κ2) is 6.33. The van der Waals surface area contributed by atoms with Gasteiger partial charge in [0.05, 0.1) is 5.02 Å². The zero-order valence-corrected chi connectivity index (χ0v) is 12.4. The number of carbonyl (C=O) groups is 1. The highest BCUT2D eigenvalue weighted by atomic mass is 79.9. The molecule has 2 rings (SSSR count). The fourth-order valence-corrected chi connectivity index (χ4v) is 2.09. The monoisotopic (exact) mass is 359 g/mol. The van der Waals surface area contributed by atoms with E-state index < -0.39 is 17.5 Å². The largest absolute Gasteiger partial charge is 0.348 e. The van der Waals surface area contributed by atoms with E-state index >= 15 is 0 Å². The maximum Gasteiger partial charge on any atom is 0.251 e. The first-order valence-electron chi connectivity index (χ1n) is 5.64. The molecular weight excluding hydrogens is 352 g/mol. The Bertz CT molecular complexity index is 664. The average molecular weight is 361 g/mol. The molecule has 0 radical (unpaired) electrons. The van der Waals surface area contributed by atoms with Crippen molar-refractivity contribution in [1.29, 1.82) is 0 Å². The lowest BCUT2D eigenvalue weighted by molar-refractivity contribution is 0.0950. The Morgan fingerprint density at radius 3 is 2.65 bits per heavy atom. The van der Waals surface area contributed by atoms with Crippen LogP contribution in [0.5, 0.6) is 0 Å². The zero-order chi connectivity index (χ0) is 14.7. The van der Waals surface area contributed by atoms with E-state index in [0.717, 1.165) is 18.2 Å². The van der Waals surface area contributed by atoms with Crippen LogP contribution in [0.15, 0.2) is 40.9 Å². The molecule has 6 heteroatoms. The Labute approximate surface area is 127 Å². The first kappa shape index (κ1) is 14.9. The lowest BCUT2D eigenvalue weighted by Crippen LogP contribution is -2.23. The highest BCUT2D eigenvalue weighted by molar-refractivity contribution is 9.10. The smallest absolute Gasteiger partial charge is 0.251 e. The first-order chi connectivity index (χ1) is 9.47. The molecule has 0 spiro atoms. The summed E-state index contributed by atoms with van der Waals surface area (Å²) < 4.78 is 27.0. The molecule has 0 aliphatic carbocycles. The Balaban J connectivity index is 2.08. The summed E-state index contributed by atoms with van der Waals surface area (Å²) in [5.74, 6) is -1.51. The lowest BCUT2D eigenvalue weighted by atomic mass is 10.2. The van der Waals surface area contributed by atoms with Crippen LogP contribution in [0.1, 0.15) is 15.9 Å². The molecule has 0 saturated heterocycles. The van der Waals surface area contributed by atoms with Gasteiger partial charge in [-0.3, -0.25) is 4.79 Å². The first-order valence-corrected chi connectivity index (χ1v) is 6.81. The highest BCUT2D eigenvalue weighted by Crippen LogP contribution is 2.23. The van der Waals surface area contributed by atoms with Crippen molar-refractivity contribution in [3.8, 4) is 0 Å². The SMILES string of the molecule is O=C(NCc1cc(F)ccc1F)c1ccc(Cl)c(Br)c1. The van der Waals surface area contributed by atoms with E-state index in [1.54, 1.807) is 18.2 Å². The Hall–Kier alpha value is -1.46. The van der Waals surface area contributed by atoms with Crippen LogP contribution in [0.25, 0.3) is 0 Å². The summed E-state index contributed by atoms with van der Waals surface area (Å²) >= 11 is 9.04. The van der Waals surface area contributed by atoms with Crippen molar-refractivity contribution in [2.45, 2.75) is 6.54 Å². The fraction of sp³-hybridized carbons (Fsp3) is 0.0714. The molecular formula is C14H9BrClF2NO. The summed E-state index contributed by atoms with van der Waals surface area (Å²) in [7, 11) is 0. The molecule has 0 heterocycles. The lowest BCUT2D eigenvalue weighted by Gasteiger charge is -2.07. The van der Waals surface area contributed by atoms with Gasteiger partial charge in [0.2, 0.25) is 0 Å². The molecule has 2 aromatic carbocycles. The number of hydrogen-bond donors (Lipinski definition) is 1. The standard InChI is InChI=1S/C14H9BrClF2NO/c15-11-6-8(1-3-12(11)16)14(20)19-7-9-5-10(17)2-4-13(9)18/h1-6H,7H2,(H,19,20). The van der Waals surface area contributed by atoms with Gasteiger partial charge < -0.3 is 5.32 Å². The number of nitrogens with one attached hydrogen (secondary N) is 1. The van der Waals surface area contributed by atoms with Gasteiger partial charge in [-0.05, 0) is 52.3 Å². The minimum absolute atomic E-state index is 0.0892. The Morgan fingerprint density at radius 1 is 1.20 bits per heavy atom. The van der Waals surface area contributed by atoms with Crippen LogP contribution in [0.4, 0.5) is 8.78 Å². The van der Waals surface area contributed by atoms with E-state index in [1.807, 2.05) is 0 Å². The summed E-state index contributed by atoms with van der Waals surface area (Å²) in [4.78, 5) is 11.9. The number of halogens is 4. The minimum Gasteiger partial charge on any atom is -0.348 e. The van der Waals surface area contributed by atoms with Crippen molar-refractivity contribution in [1.82, 2.24) is 5.32 Å². The molecule has 2 aromatic rings. The van der Waals surface area contributed by atoms with E-state index in [4.69, 9.17) is 11.6 Å². The predicted molar refractivity (Wildman–Crippen MR) is 76.7 cm³/mol. The third-order valence-corrected chi connectivity index (χ3v) is 3.84. The third kappa shape index (κ3) is 3.55. The summed E-state index contributed by atoms with van der Waals surface area (Å²) in [6.45, 7) is -0.0946. The van der Waals surface area contributed by atoms with Gasteiger partial charge in [0.25, 0.3) is 5.91 Å². The van der Waals surface area contributed by atoms with Crippen LogP contribution < -0.4 is 5.32 Å². The number of hydrogen-bond acceptors (Lipinski definition) is 1. The molecule has 1 amide bonds. The molecule has 2 nitrogen and oxygen atoms in total. The Morgan fingerprint density at radius 2 is 1.95 bits per heavy atom. The van der Waals surface area contributed by atoms with Gasteiger partial charge in [-0.2, -0.15) is 0 Å². The van der Waals surface area contributed by atoms with Crippen molar-refractivity contribution in [3.63, 3.8) is 0 Å². The van der Waals surface area contributed by atoms with Crippen LogP contribution in [-0.2, 0) is 6.54 Å². The van der Waals surface area contributed by atoms with E-state index in [9.17, 15) is 13.6 Å². The van der Waals surface area contributed by atoms with E-state index in [2.05, 4.69) is 21.2 Å². The van der Waals surface area contributed by atoms with Crippen LogP contribution in [0.2, 0.25) is 5.02 Å². The molecule has 0 atom stereocenters. The average Bonchev–Trinajstić information content (AvgIpc) is 2.42. The van der Waals surface area contributed by atoms with Crippen LogP contribution >= 0.6 is 27.5 Å². The topological polar surface area (TPSA) is 29.1 Å². The highest BCUT2D eigenvalue weighted by Gasteiger charge is 2.09. The van der Waals surface area contributed by atoms with Gasteiger partial charge in [0.15, 0.2) is 0 Å². The van der Waals surface area contributed by atoms with Crippen molar-refractivity contribution < 1.29 is 13.6 Å². The van der Waals surface area contributed by atoms with Gasteiger partial charge >= 0.3 is 0 Å². The molecule has 1 N–H and O–H groups in total. The second-order valence-electron chi connectivity index (χ2n) is 4.05. The number of rotatable bonds is 3. The van der Waals surface area contributed by atoms with Crippen LogP contribution in [0, 0.1) is 11.6 Å². The Kier molecular flexibility index (Phi) is 4.73. The normalized spacial score (nSPS) is 10.4. The van der Waals surface area contributed by atoms with Crippen molar-refractivity contribution in [2.24, 2.45) is 0 Å². The van der Waals surface area contributed by atoms with Gasteiger partial charge in [-0.25, -0.2) is 8.78 Å². The van der Waals surface area contributed by atoms with E-state index in [-0.39, 0.29) is 12.1 Å². The molecule has 0 fully saturated rings. The van der Waals surface area contributed by atoms with E-state index in [1.165, 1.54) is 0 Å². The molecule has 0 aliphatic rings. The second-order valence-corrected chi connectivity index (χ2v) is 5.31. The summed E-state index contributed by atoms with van der Waals surface area (Å²) in [6.07, 6.45) is 0. The summed E-state index contributed by atoms with van der Waals surface area (Å²) in [6, 6.07) is 7.77. The number of carbonyl (C=O) groups excluding carboxylic acids is 1. The molecule has 0 bridgehead atoms. The quantitative estimate of drug-likeness (QED) is 0.868. The van der Waals surface area contributed by atoms with Gasteiger partial charge in [0, 0.05) is 22.1 Å². The summed E-state index contributed by atoms with van der Waals surface area (Å²) in [5, 5.41) is 3.00. The van der Waals surface area contributed by atoms with Gasteiger partial charge in [-0.15, -0.1) is 0 Å². The van der Waals surface area contributed by atoms with Crippen LogP contribution in [-0.4, -0.2) is 5.91 Å². The van der Waals surface area contributed by atoms with Crippen molar-refractivity contribution >= 4 is 33.4 Å². The van der Waals surface area contributed by atoms with Crippen molar-refractivity contribution in [3.05, 3.63) is 68.7 Å². The number of benzene rings is 2. The van der Waals surface area contributed by atoms with Gasteiger partial charge in [0.1, 0.15) is 11.6 Å². The summed E-state index contributed by atoms with van der Waals surface area (Å²) in [5.41, 5.74) is 0.462. The minimum atomic E-state index is -0.566. The fourth-order valence-electron chi connectivity index (χ4n) is 1.59. The van der Waals surface area contributed by atoms with Gasteiger partial charge in [-0.1, -0.05) is 11.6 Å². The zero-order valence-electron chi connectivity index (χ0n) is 10.1. The van der Waals surface area contributed by atoms with Crippen LogP contribution in [0.3, 0.4) is 0 Å². The molecule has 0 unspecified atom stereocenters. The predicted octanol–water partition coefficient (Wildman–Crippen LogP) is 4.31. The third-order valence-electron chi connectivity index (χ3n) is 2.63. The molecule has 0 aliphatic heterocycles. The molecule has 20 heavy (non-hydrogen) atoms. The molecule has 0 aromatic heterocycles. The van der Waals surface area contributed by atoms with Crippen molar-refractivity contribution in [2.75, 3.05) is 0 Å². The maximum atomic E-state index is 13.4. The van der Waals surface area contributed by atoms with E-state index in [0.29, 0.717) is 15.1 Å². The molecule has 104 valence electrons.